The molecule has 0 saturated heterocycles. The van der Waals surface area contributed by atoms with Crippen LogP contribution in [0.1, 0.15) is 265 Å². The molecule has 0 aliphatic heterocycles. The monoisotopic (exact) mass is 907 g/mol. The number of ether oxygens (including phenoxy) is 3. The Kier molecular flexibility index (Phi) is 50.9. The maximum absolute atomic E-state index is 12.8. The summed E-state index contributed by atoms with van der Waals surface area (Å²) in [7, 11) is 0. The number of rotatable bonds is 49. The molecule has 1 unspecified atom stereocenters. The van der Waals surface area contributed by atoms with Crippen LogP contribution in [0, 0.1) is 0 Å². The molecule has 0 amide bonds. The third-order valence-electron chi connectivity index (χ3n) is 11.7. The van der Waals surface area contributed by atoms with Crippen molar-refractivity contribution < 1.29 is 28.6 Å². The van der Waals surface area contributed by atoms with Crippen LogP contribution in [0.4, 0.5) is 0 Å². The van der Waals surface area contributed by atoms with E-state index in [1.165, 1.54) is 141 Å². The minimum absolute atomic E-state index is 0.102. The van der Waals surface area contributed by atoms with E-state index >= 15 is 0 Å². The first-order valence-electron chi connectivity index (χ1n) is 27.4. The maximum atomic E-state index is 12.8. The number of hydrogen-bond donors (Lipinski definition) is 0. The first kappa shape index (κ1) is 61.9. The van der Waals surface area contributed by atoms with E-state index in [0.717, 1.165) is 77.0 Å². The Labute approximate surface area is 402 Å². The quantitative estimate of drug-likeness (QED) is 0.0262. The molecule has 0 aliphatic carbocycles. The molecule has 0 aromatic heterocycles. The number of carbonyl (C=O) groups is 3. The zero-order valence-electron chi connectivity index (χ0n) is 42.7. The first-order valence-corrected chi connectivity index (χ1v) is 27.4. The fourth-order valence-electron chi connectivity index (χ4n) is 7.56. The number of carbonyl (C=O) groups excluding carboxylic acids is 3. The van der Waals surface area contributed by atoms with Crippen LogP contribution in [0.25, 0.3) is 0 Å². The number of hydrogen-bond acceptors (Lipinski definition) is 6. The third-order valence-corrected chi connectivity index (χ3v) is 11.7. The van der Waals surface area contributed by atoms with Crippen molar-refractivity contribution in [3.63, 3.8) is 0 Å². The summed E-state index contributed by atoms with van der Waals surface area (Å²) in [5.74, 6) is -0.995. The number of unbranched alkanes of at least 4 members (excludes halogenated alkanes) is 26. The minimum atomic E-state index is -0.809. The van der Waals surface area contributed by atoms with Crippen molar-refractivity contribution in [2.24, 2.45) is 0 Å². The fourth-order valence-corrected chi connectivity index (χ4v) is 7.56. The van der Waals surface area contributed by atoms with Gasteiger partial charge in [-0.25, -0.2) is 0 Å². The molecule has 0 aromatic carbocycles. The van der Waals surface area contributed by atoms with Gasteiger partial charge in [0.15, 0.2) is 6.10 Å². The third kappa shape index (κ3) is 51.7. The molecule has 6 nitrogen and oxygen atoms in total. The zero-order valence-corrected chi connectivity index (χ0v) is 42.7. The largest absolute Gasteiger partial charge is 0.462 e. The molecule has 0 aromatic rings. The molecule has 1 atom stereocenters. The van der Waals surface area contributed by atoms with Crippen molar-refractivity contribution in [2.45, 2.75) is 271 Å². The predicted molar refractivity (Wildman–Crippen MR) is 279 cm³/mol. The van der Waals surface area contributed by atoms with Crippen LogP contribution in [0.3, 0.4) is 0 Å². The topological polar surface area (TPSA) is 78.9 Å². The summed E-state index contributed by atoms with van der Waals surface area (Å²) in [4.78, 5) is 38.0. The van der Waals surface area contributed by atoms with Crippen LogP contribution in [0.2, 0.25) is 0 Å². The lowest BCUT2D eigenvalue weighted by molar-refractivity contribution is -0.166. The van der Waals surface area contributed by atoms with Gasteiger partial charge < -0.3 is 14.2 Å². The summed E-state index contributed by atoms with van der Waals surface area (Å²) in [5.41, 5.74) is 0. The highest BCUT2D eigenvalue weighted by atomic mass is 16.6. The van der Waals surface area contributed by atoms with Crippen LogP contribution in [-0.4, -0.2) is 37.2 Å². The highest BCUT2D eigenvalue weighted by Gasteiger charge is 2.19. The smallest absolute Gasteiger partial charge is 0.306 e. The average Bonchev–Trinajstić information content (AvgIpc) is 3.30. The Balaban J connectivity index is 4.44. The van der Waals surface area contributed by atoms with E-state index in [1.54, 1.807) is 0 Å². The van der Waals surface area contributed by atoms with Crippen molar-refractivity contribution in [2.75, 3.05) is 13.2 Å². The SMILES string of the molecule is CC/C=C\C/C=C\C/C=C\C/C=C\CCC(=O)OCC(COC(=O)CCCCCCCCC/C=C\CCCCCCCCC)OC(=O)CCCCCCC/C=C\CCCCCCCCC. The minimum Gasteiger partial charge on any atom is -0.462 e. The van der Waals surface area contributed by atoms with Gasteiger partial charge in [-0.15, -0.1) is 0 Å². The second-order valence-corrected chi connectivity index (χ2v) is 18.1. The second-order valence-electron chi connectivity index (χ2n) is 18.1. The van der Waals surface area contributed by atoms with E-state index in [0.29, 0.717) is 19.3 Å². The van der Waals surface area contributed by atoms with Gasteiger partial charge >= 0.3 is 17.9 Å². The zero-order chi connectivity index (χ0) is 47.2. The molecule has 0 spiro atoms. The lowest BCUT2D eigenvalue weighted by Crippen LogP contribution is -2.30. The van der Waals surface area contributed by atoms with Gasteiger partial charge in [0.05, 0.1) is 0 Å². The van der Waals surface area contributed by atoms with Crippen molar-refractivity contribution in [1.82, 2.24) is 0 Å². The molecule has 0 saturated carbocycles. The Morgan fingerprint density at radius 1 is 0.323 bits per heavy atom. The second kappa shape index (κ2) is 53.5. The van der Waals surface area contributed by atoms with Gasteiger partial charge in [0.25, 0.3) is 0 Å². The maximum Gasteiger partial charge on any atom is 0.306 e. The van der Waals surface area contributed by atoms with Gasteiger partial charge in [0.2, 0.25) is 0 Å². The number of allylic oxidation sites excluding steroid dienone is 12. The van der Waals surface area contributed by atoms with E-state index < -0.39 is 6.10 Å². The van der Waals surface area contributed by atoms with Gasteiger partial charge in [-0.05, 0) is 96.3 Å². The highest BCUT2D eigenvalue weighted by molar-refractivity contribution is 5.71. The predicted octanol–water partition coefficient (Wildman–Crippen LogP) is 18.2. The molecule has 0 heterocycles. The molecule has 0 bridgehead atoms. The van der Waals surface area contributed by atoms with Gasteiger partial charge in [-0.2, -0.15) is 0 Å². The number of esters is 3. The summed E-state index contributed by atoms with van der Waals surface area (Å²) in [6, 6.07) is 0. The summed E-state index contributed by atoms with van der Waals surface area (Å²) < 4.78 is 16.7. The normalized spacial score (nSPS) is 12.6. The van der Waals surface area contributed by atoms with Crippen molar-refractivity contribution in [3.05, 3.63) is 72.9 Å². The van der Waals surface area contributed by atoms with Gasteiger partial charge in [-0.1, -0.05) is 222 Å². The van der Waals surface area contributed by atoms with E-state index in [4.69, 9.17) is 14.2 Å². The molecule has 374 valence electrons. The molecule has 6 heteroatoms. The van der Waals surface area contributed by atoms with Crippen LogP contribution in [0.5, 0.6) is 0 Å². The van der Waals surface area contributed by atoms with Crippen molar-refractivity contribution >= 4 is 17.9 Å². The molecule has 0 N–H and O–H groups in total. The van der Waals surface area contributed by atoms with Crippen molar-refractivity contribution in [3.8, 4) is 0 Å². The van der Waals surface area contributed by atoms with E-state index in [9.17, 15) is 14.4 Å². The van der Waals surface area contributed by atoms with Gasteiger partial charge in [0.1, 0.15) is 13.2 Å². The summed E-state index contributed by atoms with van der Waals surface area (Å²) in [6.45, 7) is 6.46. The molecule has 0 aliphatic rings. The van der Waals surface area contributed by atoms with Crippen LogP contribution in [-0.2, 0) is 28.6 Å². The molecule has 0 fully saturated rings. The summed E-state index contributed by atoms with van der Waals surface area (Å²) in [5, 5.41) is 0. The van der Waals surface area contributed by atoms with E-state index in [1.807, 2.05) is 6.08 Å². The van der Waals surface area contributed by atoms with Gasteiger partial charge in [-0.3, -0.25) is 14.4 Å². The molecular weight excluding hydrogens is 805 g/mol. The molecule has 0 rings (SSSR count). The van der Waals surface area contributed by atoms with Crippen LogP contribution < -0.4 is 0 Å². The Hall–Kier alpha value is -3.15. The van der Waals surface area contributed by atoms with Crippen LogP contribution in [0.15, 0.2) is 72.9 Å². The summed E-state index contributed by atoms with van der Waals surface area (Å²) >= 11 is 0. The fraction of sp³-hybridized carbons (Fsp3) is 0.746. The lowest BCUT2D eigenvalue weighted by Gasteiger charge is -2.18. The van der Waals surface area contributed by atoms with E-state index in [-0.39, 0.29) is 37.5 Å². The Bertz CT molecular complexity index is 1230. The van der Waals surface area contributed by atoms with Gasteiger partial charge in [0, 0.05) is 19.3 Å². The standard InChI is InChI=1S/C59H102O6/c1-4-7-10-13-16-19-22-25-27-29-30-32-34-37-40-43-46-49-52-58(61)64-55-56(54-63-57(60)51-48-45-42-39-36-33-24-21-18-15-12-9-6-3)65-59(62)53-50-47-44-41-38-35-31-28-26-23-20-17-14-11-8-5-2/h9,12,18,21,27-29,31,33,36,42,45,56H,4-8,10-11,13-17,19-20,22-26,30,32,34-35,37-41,43-44,46-55H2,1-3H3/b12-9-,21-18-,29-27-,31-28-,36-33-,45-42-. The average molecular weight is 907 g/mol. The molecule has 65 heavy (non-hydrogen) atoms. The lowest BCUT2D eigenvalue weighted by atomic mass is 10.1. The molecular formula is C59H102O6. The Morgan fingerprint density at radius 2 is 0.631 bits per heavy atom. The highest BCUT2D eigenvalue weighted by Crippen LogP contribution is 2.14. The van der Waals surface area contributed by atoms with Crippen LogP contribution >= 0.6 is 0 Å². The van der Waals surface area contributed by atoms with Crippen molar-refractivity contribution in [1.29, 1.82) is 0 Å². The first-order chi connectivity index (χ1) is 32.0. The summed E-state index contributed by atoms with van der Waals surface area (Å²) in [6.07, 6.45) is 67.6. The Morgan fingerprint density at radius 3 is 1.03 bits per heavy atom. The van der Waals surface area contributed by atoms with E-state index in [2.05, 4.69) is 87.6 Å². The molecule has 0 radical (unpaired) electrons.